The molecule has 0 aliphatic heterocycles. The summed E-state index contributed by atoms with van der Waals surface area (Å²) in [5.41, 5.74) is 0.629. The first-order valence-corrected chi connectivity index (χ1v) is 9.06. The molecular weight excluding hydrogens is 383 g/mol. The molecule has 0 aromatic heterocycles. The van der Waals surface area contributed by atoms with Crippen LogP contribution in [0.2, 0.25) is 0 Å². The first-order valence-electron chi connectivity index (χ1n) is 9.06. The van der Waals surface area contributed by atoms with Crippen LogP contribution in [-0.4, -0.2) is 53.5 Å². The second-order valence-electron chi connectivity index (χ2n) is 6.21. The summed E-state index contributed by atoms with van der Waals surface area (Å²) in [5, 5.41) is 23.6. The molecule has 5 N–H and O–H groups in total. The zero-order chi connectivity index (χ0) is 21.8. The van der Waals surface area contributed by atoms with Gasteiger partial charge in [0.2, 0.25) is 17.7 Å². The van der Waals surface area contributed by atoms with Crippen LogP contribution >= 0.6 is 0 Å². The van der Waals surface area contributed by atoms with Crippen LogP contribution in [0.3, 0.4) is 0 Å². The normalized spacial score (nSPS) is 12.4. The van der Waals surface area contributed by atoms with Crippen molar-refractivity contribution in [3.05, 3.63) is 35.6 Å². The molecule has 0 heterocycles. The molecule has 0 aliphatic rings. The SMILES string of the molecule is CCC(=O)N[C@@H](CO)C(=O)N[C@@H](CCC(=O)C=N)C(=O)NCc1ccc(F)cc1. The summed E-state index contributed by atoms with van der Waals surface area (Å²) in [6, 6.07) is 3.10. The van der Waals surface area contributed by atoms with E-state index in [-0.39, 0.29) is 25.8 Å². The van der Waals surface area contributed by atoms with Crippen molar-refractivity contribution in [1.82, 2.24) is 16.0 Å². The number of benzene rings is 1. The molecule has 0 saturated heterocycles. The van der Waals surface area contributed by atoms with Crippen molar-refractivity contribution in [3.63, 3.8) is 0 Å². The van der Waals surface area contributed by atoms with Crippen molar-refractivity contribution in [2.75, 3.05) is 6.61 Å². The summed E-state index contributed by atoms with van der Waals surface area (Å²) in [7, 11) is 0. The van der Waals surface area contributed by atoms with Crippen LogP contribution in [0.5, 0.6) is 0 Å². The largest absolute Gasteiger partial charge is 0.394 e. The topological polar surface area (TPSA) is 148 Å². The molecule has 10 heteroatoms. The lowest BCUT2D eigenvalue weighted by Crippen LogP contribution is -2.54. The second kappa shape index (κ2) is 12.3. The molecule has 0 fully saturated rings. The molecule has 29 heavy (non-hydrogen) atoms. The van der Waals surface area contributed by atoms with Crippen molar-refractivity contribution in [2.45, 2.75) is 44.8 Å². The number of aliphatic hydroxyl groups is 1. The van der Waals surface area contributed by atoms with E-state index in [1.54, 1.807) is 6.92 Å². The maximum atomic E-state index is 13.0. The summed E-state index contributed by atoms with van der Waals surface area (Å²) in [5.74, 6) is -2.76. The summed E-state index contributed by atoms with van der Waals surface area (Å²) >= 11 is 0. The highest BCUT2D eigenvalue weighted by atomic mass is 19.1. The van der Waals surface area contributed by atoms with E-state index in [1.807, 2.05) is 0 Å². The minimum absolute atomic E-state index is 0.0694. The maximum absolute atomic E-state index is 13.0. The second-order valence-corrected chi connectivity index (χ2v) is 6.21. The van der Waals surface area contributed by atoms with Gasteiger partial charge in [-0.25, -0.2) is 4.39 Å². The average Bonchev–Trinajstić information content (AvgIpc) is 2.73. The van der Waals surface area contributed by atoms with E-state index in [1.165, 1.54) is 24.3 Å². The van der Waals surface area contributed by atoms with Gasteiger partial charge >= 0.3 is 0 Å². The fraction of sp³-hybridized carbons (Fsp3) is 0.421. The number of ketones is 1. The summed E-state index contributed by atoms with van der Waals surface area (Å²) in [6.07, 6.45) is 0.505. The number of hydrogen-bond acceptors (Lipinski definition) is 6. The van der Waals surface area contributed by atoms with Crippen LogP contribution in [0.4, 0.5) is 4.39 Å². The lowest BCUT2D eigenvalue weighted by molar-refractivity contribution is -0.133. The fourth-order valence-electron chi connectivity index (χ4n) is 2.31. The smallest absolute Gasteiger partial charge is 0.245 e. The number of carbonyl (C=O) groups excluding carboxylic acids is 4. The predicted molar refractivity (Wildman–Crippen MR) is 103 cm³/mol. The van der Waals surface area contributed by atoms with E-state index in [2.05, 4.69) is 16.0 Å². The molecule has 0 bridgehead atoms. The number of carbonyl (C=O) groups is 4. The Kier molecular flexibility index (Phi) is 10.2. The number of Topliss-reactive ketones (excluding diaryl/α,β-unsaturated/α-hetero) is 1. The predicted octanol–water partition coefficient (Wildman–Crippen LogP) is -0.187. The Bertz CT molecular complexity index is 739. The van der Waals surface area contributed by atoms with Gasteiger partial charge in [0.05, 0.1) is 12.8 Å². The van der Waals surface area contributed by atoms with Gasteiger partial charge in [-0.15, -0.1) is 0 Å². The minimum Gasteiger partial charge on any atom is -0.394 e. The Morgan fingerprint density at radius 2 is 1.76 bits per heavy atom. The quantitative estimate of drug-likeness (QED) is 0.304. The first kappa shape index (κ1) is 23.9. The van der Waals surface area contributed by atoms with Crippen LogP contribution in [0.1, 0.15) is 31.7 Å². The number of halogens is 1. The van der Waals surface area contributed by atoms with Gasteiger partial charge in [0.15, 0.2) is 5.78 Å². The lowest BCUT2D eigenvalue weighted by atomic mass is 10.1. The number of amides is 3. The summed E-state index contributed by atoms with van der Waals surface area (Å²) < 4.78 is 13.0. The monoisotopic (exact) mass is 408 g/mol. The van der Waals surface area contributed by atoms with Gasteiger partial charge < -0.3 is 26.5 Å². The molecule has 1 aromatic rings. The highest BCUT2D eigenvalue weighted by molar-refractivity contribution is 6.26. The standard InChI is InChI=1S/C19H25FN4O5/c1-2-17(27)23-16(11-25)19(29)24-15(8-7-14(26)9-21)18(28)22-10-12-3-5-13(20)6-4-12/h3-6,9,15-16,21,25H,2,7-8,10-11H2,1H3,(H,22,28)(H,23,27)(H,24,29)/t15-,16-/m0/s1. The molecule has 1 rings (SSSR count). The molecule has 0 saturated carbocycles. The third-order valence-corrected chi connectivity index (χ3v) is 4.01. The van der Waals surface area contributed by atoms with Gasteiger partial charge in [-0.1, -0.05) is 19.1 Å². The Balaban J connectivity index is 2.79. The zero-order valence-corrected chi connectivity index (χ0v) is 16.0. The van der Waals surface area contributed by atoms with E-state index < -0.39 is 48.0 Å². The minimum atomic E-state index is -1.24. The lowest BCUT2D eigenvalue weighted by Gasteiger charge is -2.22. The molecule has 9 nitrogen and oxygen atoms in total. The zero-order valence-electron chi connectivity index (χ0n) is 16.0. The molecule has 0 aliphatic carbocycles. The number of aliphatic hydroxyl groups excluding tert-OH is 1. The van der Waals surface area contributed by atoms with E-state index >= 15 is 0 Å². The van der Waals surface area contributed by atoms with Crippen LogP contribution < -0.4 is 16.0 Å². The Hall–Kier alpha value is -3.14. The number of hydrogen-bond donors (Lipinski definition) is 5. The van der Waals surface area contributed by atoms with Gasteiger partial charge in [-0.3, -0.25) is 19.2 Å². The van der Waals surface area contributed by atoms with Crippen LogP contribution in [0, 0.1) is 11.2 Å². The van der Waals surface area contributed by atoms with Crippen LogP contribution in [0.15, 0.2) is 24.3 Å². The number of rotatable bonds is 12. The molecule has 0 spiro atoms. The van der Waals surface area contributed by atoms with Gasteiger partial charge in [0.1, 0.15) is 17.9 Å². The third-order valence-electron chi connectivity index (χ3n) is 4.01. The van der Waals surface area contributed by atoms with Crippen molar-refractivity contribution in [2.24, 2.45) is 0 Å². The van der Waals surface area contributed by atoms with Gasteiger partial charge in [-0.2, -0.15) is 0 Å². The average molecular weight is 408 g/mol. The third kappa shape index (κ3) is 8.60. The van der Waals surface area contributed by atoms with Crippen molar-refractivity contribution in [1.29, 1.82) is 5.41 Å². The van der Waals surface area contributed by atoms with Gasteiger partial charge in [-0.05, 0) is 24.1 Å². The van der Waals surface area contributed by atoms with Crippen LogP contribution in [-0.2, 0) is 25.7 Å². The molecule has 3 amide bonds. The van der Waals surface area contributed by atoms with E-state index in [4.69, 9.17) is 5.41 Å². The van der Waals surface area contributed by atoms with E-state index in [0.29, 0.717) is 11.8 Å². The van der Waals surface area contributed by atoms with E-state index in [0.717, 1.165) is 0 Å². The van der Waals surface area contributed by atoms with E-state index in [9.17, 15) is 28.7 Å². The van der Waals surface area contributed by atoms with Gasteiger partial charge in [0, 0.05) is 19.4 Å². The molecule has 158 valence electrons. The van der Waals surface area contributed by atoms with Crippen molar-refractivity contribution >= 4 is 29.7 Å². The molecule has 2 atom stereocenters. The highest BCUT2D eigenvalue weighted by Crippen LogP contribution is 2.04. The Labute approximate surface area is 167 Å². The highest BCUT2D eigenvalue weighted by Gasteiger charge is 2.26. The Morgan fingerprint density at radius 3 is 2.31 bits per heavy atom. The molecule has 0 radical (unpaired) electrons. The fourth-order valence-corrected chi connectivity index (χ4v) is 2.31. The Morgan fingerprint density at radius 1 is 1.10 bits per heavy atom. The van der Waals surface area contributed by atoms with Gasteiger partial charge in [0.25, 0.3) is 0 Å². The summed E-state index contributed by atoms with van der Waals surface area (Å²) in [6.45, 7) is 0.983. The molecular formula is C19H25FN4O5. The van der Waals surface area contributed by atoms with Crippen molar-refractivity contribution < 1.29 is 28.7 Å². The number of nitrogens with one attached hydrogen (secondary N) is 4. The molecule has 1 aromatic carbocycles. The maximum Gasteiger partial charge on any atom is 0.245 e. The molecule has 0 unspecified atom stereocenters. The summed E-state index contributed by atoms with van der Waals surface area (Å²) in [4.78, 5) is 47.7. The van der Waals surface area contributed by atoms with Crippen LogP contribution in [0.25, 0.3) is 0 Å². The van der Waals surface area contributed by atoms with Crippen molar-refractivity contribution in [3.8, 4) is 0 Å². The first-order chi connectivity index (χ1) is 13.8.